The van der Waals surface area contributed by atoms with E-state index in [0.717, 1.165) is 25.9 Å². The van der Waals surface area contributed by atoms with Crippen LogP contribution in [0.4, 0.5) is 5.69 Å². The molecule has 0 saturated carbocycles. The van der Waals surface area contributed by atoms with Gasteiger partial charge in [0.05, 0.1) is 4.92 Å². The molecule has 0 aromatic heterocycles. The van der Waals surface area contributed by atoms with Crippen LogP contribution in [0.25, 0.3) is 0 Å². The third-order valence-corrected chi connectivity index (χ3v) is 3.53. The standard InChI is InChI=1S/C13H18N2O4/c16-9-10-2-1-5-14(7-10)8-11-6-12(15(18)19)3-4-13(11)17/h3-4,6,10,16-17H,1-2,5,7-9H2. The van der Waals surface area contributed by atoms with Gasteiger partial charge in [-0.15, -0.1) is 0 Å². The van der Waals surface area contributed by atoms with E-state index in [4.69, 9.17) is 0 Å². The molecule has 2 rings (SSSR count). The molecule has 0 spiro atoms. The molecule has 1 aromatic carbocycles. The van der Waals surface area contributed by atoms with E-state index in [1.165, 1.54) is 18.2 Å². The number of nitrogens with zero attached hydrogens (tertiary/aromatic N) is 2. The Morgan fingerprint density at radius 1 is 1.47 bits per heavy atom. The third kappa shape index (κ3) is 3.42. The van der Waals surface area contributed by atoms with Gasteiger partial charge in [0.25, 0.3) is 5.69 Å². The van der Waals surface area contributed by atoms with Gasteiger partial charge in [-0.1, -0.05) is 0 Å². The predicted octanol–water partition coefficient (Wildman–Crippen LogP) is 1.50. The Balaban J connectivity index is 2.09. The third-order valence-electron chi connectivity index (χ3n) is 3.53. The van der Waals surface area contributed by atoms with E-state index < -0.39 is 4.92 Å². The minimum Gasteiger partial charge on any atom is -0.508 e. The topological polar surface area (TPSA) is 86.8 Å². The van der Waals surface area contributed by atoms with Crippen LogP contribution in [-0.4, -0.2) is 39.7 Å². The molecule has 0 amide bonds. The van der Waals surface area contributed by atoms with Crippen molar-refractivity contribution in [2.75, 3.05) is 19.7 Å². The molecule has 1 atom stereocenters. The maximum absolute atomic E-state index is 10.7. The number of phenolic OH excluding ortho intramolecular Hbond substituents is 1. The van der Waals surface area contributed by atoms with E-state index in [1.807, 2.05) is 0 Å². The Kier molecular flexibility index (Phi) is 4.34. The van der Waals surface area contributed by atoms with Gasteiger partial charge in [-0.2, -0.15) is 0 Å². The summed E-state index contributed by atoms with van der Waals surface area (Å²) in [6.45, 7) is 2.29. The van der Waals surface area contributed by atoms with Crippen LogP contribution in [0.1, 0.15) is 18.4 Å². The zero-order valence-corrected chi connectivity index (χ0v) is 10.7. The number of nitro benzene ring substituents is 1. The summed E-state index contributed by atoms with van der Waals surface area (Å²) in [5, 5.41) is 29.7. The Bertz CT molecular complexity index is 464. The van der Waals surface area contributed by atoms with Crippen LogP contribution in [0.3, 0.4) is 0 Å². The number of aliphatic hydroxyl groups is 1. The van der Waals surface area contributed by atoms with Crippen LogP contribution in [0, 0.1) is 16.0 Å². The first kappa shape index (κ1) is 13.8. The van der Waals surface area contributed by atoms with E-state index in [2.05, 4.69) is 4.90 Å². The fraction of sp³-hybridized carbons (Fsp3) is 0.538. The lowest BCUT2D eigenvalue weighted by Gasteiger charge is -2.31. The van der Waals surface area contributed by atoms with Gasteiger partial charge in [-0.25, -0.2) is 0 Å². The summed E-state index contributed by atoms with van der Waals surface area (Å²) in [6, 6.07) is 4.07. The molecular formula is C13H18N2O4. The smallest absolute Gasteiger partial charge is 0.270 e. The fourth-order valence-electron chi connectivity index (χ4n) is 2.50. The lowest BCUT2D eigenvalue weighted by molar-refractivity contribution is -0.385. The highest BCUT2D eigenvalue weighted by Crippen LogP contribution is 2.26. The number of aliphatic hydroxyl groups excluding tert-OH is 1. The van der Waals surface area contributed by atoms with Crippen LogP contribution >= 0.6 is 0 Å². The van der Waals surface area contributed by atoms with E-state index >= 15 is 0 Å². The van der Waals surface area contributed by atoms with Crippen molar-refractivity contribution in [2.24, 2.45) is 5.92 Å². The van der Waals surface area contributed by atoms with Crippen molar-refractivity contribution in [1.29, 1.82) is 0 Å². The second kappa shape index (κ2) is 5.99. The van der Waals surface area contributed by atoms with Crippen LogP contribution in [0.2, 0.25) is 0 Å². The molecule has 6 nitrogen and oxygen atoms in total. The summed E-state index contributed by atoms with van der Waals surface area (Å²) in [5.74, 6) is 0.339. The number of benzene rings is 1. The van der Waals surface area contributed by atoms with Crippen LogP contribution in [0.15, 0.2) is 18.2 Å². The highest BCUT2D eigenvalue weighted by Gasteiger charge is 2.21. The number of likely N-dealkylation sites (tertiary alicyclic amines) is 1. The molecule has 1 fully saturated rings. The van der Waals surface area contributed by atoms with Crippen LogP contribution in [-0.2, 0) is 6.54 Å². The summed E-state index contributed by atoms with van der Waals surface area (Å²) in [6.07, 6.45) is 2.01. The van der Waals surface area contributed by atoms with Crippen molar-refractivity contribution in [1.82, 2.24) is 4.90 Å². The van der Waals surface area contributed by atoms with Gasteiger partial charge in [-0.05, 0) is 31.4 Å². The maximum Gasteiger partial charge on any atom is 0.270 e. The minimum absolute atomic E-state index is 0.0106. The van der Waals surface area contributed by atoms with Crippen molar-refractivity contribution in [3.63, 3.8) is 0 Å². The van der Waals surface area contributed by atoms with E-state index in [9.17, 15) is 20.3 Å². The molecule has 1 unspecified atom stereocenters. The monoisotopic (exact) mass is 266 g/mol. The molecule has 0 bridgehead atoms. The summed E-state index contributed by atoms with van der Waals surface area (Å²) in [5.41, 5.74) is 0.552. The number of nitro groups is 1. The van der Waals surface area contributed by atoms with Crippen molar-refractivity contribution < 1.29 is 15.1 Å². The molecule has 1 aliphatic heterocycles. The molecule has 2 N–H and O–H groups in total. The lowest BCUT2D eigenvalue weighted by atomic mass is 9.98. The van der Waals surface area contributed by atoms with Crippen molar-refractivity contribution in [3.05, 3.63) is 33.9 Å². The fourth-order valence-corrected chi connectivity index (χ4v) is 2.50. The summed E-state index contributed by atoms with van der Waals surface area (Å²) < 4.78 is 0. The molecular weight excluding hydrogens is 248 g/mol. The molecule has 1 heterocycles. The van der Waals surface area contributed by atoms with Crippen molar-refractivity contribution >= 4 is 5.69 Å². The molecule has 6 heteroatoms. The summed E-state index contributed by atoms with van der Waals surface area (Å²) >= 11 is 0. The Morgan fingerprint density at radius 3 is 2.95 bits per heavy atom. The number of rotatable bonds is 4. The first-order valence-electron chi connectivity index (χ1n) is 6.39. The Hall–Kier alpha value is -1.66. The quantitative estimate of drug-likeness (QED) is 0.637. The first-order chi connectivity index (χ1) is 9.10. The number of non-ortho nitro benzene ring substituents is 1. The van der Waals surface area contributed by atoms with Gasteiger partial charge in [0, 0.05) is 37.4 Å². The van der Waals surface area contributed by atoms with Gasteiger partial charge >= 0.3 is 0 Å². The second-order valence-corrected chi connectivity index (χ2v) is 5.00. The summed E-state index contributed by atoms with van der Waals surface area (Å²) in [4.78, 5) is 12.4. The molecule has 19 heavy (non-hydrogen) atoms. The first-order valence-corrected chi connectivity index (χ1v) is 6.39. The number of piperidine rings is 1. The normalized spacial score (nSPS) is 20.4. The molecule has 1 saturated heterocycles. The highest BCUT2D eigenvalue weighted by atomic mass is 16.6. The van der Waals surface area contributed by atoms with Crippen molar-refractivity contribution in [2.45, 2.75) is 19.4 Å². The number of hydrogen-bond donors (Lipinski definition) is 2. The van der Waals surface area contributed by atoms with E-state index in [1.54, 1.807) is 0 Å². The molecule has 1 aliphatic rings. The Morgan fingerprint density at radius 2 is 2.26 bits per heavy atom. The molecule has 0 aliphatic carbocycles. The largest absolute Gasteiger partial charge is 0.508 e. The van der Waals surface area contributed by atoms with Gasteiger partial charge in [0.2, 0.25) is 0 Å². The molecule has 104 valence electrons. The van der Waals surface area contributed by atoms with Gasteiger partial charge in [-0.3, -0.25) is 15.0 Å². The molecule has 1 aromatic rings. The van der Waals surface area contributed by atoms with Gasteiger partial charge in [0.15, 0.2) is 0 Å². The average Bonchev–Trinajstić information content (AvgIpc) is 2.41. The zero-order valence-electron chi connectivity index (χ0n) is 10.7. The van der Waals surface area contributed by atoms with E-state index in [0.29, 0.717) is 12.1 Å². The minimum atomic E-state index is -0.463. The maximum atomic E-state index is 10.7. The zero-order chi connectivity index (χ0) is 13.8. The summed E-state index contributed by atoms with van der Waals surface area (Å²) in [7, 11) is 0. The number of phenols is 1. The average molecular weight is 266 g/mol. The SMILES string of the molecule is O=[N+]([O-])c1ccc(O)c(CN2CCCC(CO)C2)c1. The number of hydrogen-bond acceptors (Lipinski definition) is 5. The second-order valence-electron chi connectivity index (χ2n) is 5.00. The van der Waals surface area contributed by atoms with Gasteiger partial charge < -0.3 is 10.2 Å². The van der Waals surface area contributed by atoms with Crippen LogP contribution in [0.5, 0.6) is 5.75 Å². The van der Waals surface area contributed by atoms with E-state index in [-0.39, 0.29) is 24.0 Å². The lowest BCUT2D eigenvalue weighted by Crippen LogP contribution is -2.36. The number of aromatic hydroxyl groups is 1. The predicted molar refractivity (Wildman–Crippen MR) is 69.8 cm³/mol. The van der Waals surface area contributed by atoms with Crippen LogP contribution < -0.4 is 0 Å². The molecule has 0 radical (unpaired) electrons. The van der Waals surface area contributed by atoms with Gasteiger partial charge in [0.1, 0.15) is 5.75 Å². The van der Waals surface area contributed by atoms with Crippen molar-refractivity contribution in [3.8, 4) is 5.75 Å². The Labute approximate surface area is 111 Å². The highest BCUT2D eigenvalue weighted by molar-refractivity contribution is 5.42.